The highest BCUT2D eigenvalue weighted by Crippen LogP contribution is 2.32. The number of nitrogens with one attached hydrogen (secondary N) is 1. The molecule has 0 bridgehead atoms. The lowest BCUT2D eigenvalue weighted by molar-refractivity contribution is 0.233. The summed E-state index contributed by atoms with van der Waals surface area (Å²) >= 11 is 0. The SMILES string of the molecule is CNCCN(C)C1CCCCc2ccccc21. The van der Waals surface area contributed by atoms with E-state index in [9.17, 15) is 0 Å². The molecule has 2 heteroatoms. The number of hydrogen-bond donors (Lipinski definition) is 1. The lowest BCUT2D eigenvalue weighted by Gasteiger charge is -2.28. The molecule has 0 aromatic heterocycles. The maximum Gasteiger partial charge on any atom is 0.0348 e. The van der Waals surface area contributed by atoms with Crippen LogP contribution in [-0.2, 0) is 6.42 Å². The Hall–Kier alpha value is -0.860. The second kappa shape index (κ2) is 6.18. The average Bonchev–Trinajstić information content (AvgIpc) is 2.58. The fourth-order valence-electron chi connectivity index (χ4n) is 2.80. The Kier molecular flexibility index (Phi) is 4.57. The van der Waals surface area contributed by atoms with Gasteiger partial charge in [-0.15, -0.1) is 0 Å². The molecule has 1 N–H and O–H groups in total. The number of aryl methyl sites for hydroxylation is 1. The molecule has 0 aliphatic heterocycles. The van der Waals surface area contributed by atoms with E-state index in [1.54, 1.807) is 11.1 Å². The van der Waals surface area contributed by atoms with Gasteiger partial charge in [0, 0.05) is 19.1 Å². The van der Waals surface area contributed by atoms with E-state index in [-0.39, 0.29) is 0 Å². The summed E-state index contributed by atoms with van der Waals surface area (Å²) < 4.78 is 0. The first-order valence-electron chi connectivity index (χ1n) is 6.75. The Balaban J connectivity index is 2.16. The van der Waals surface area contributed by atoms with Crippen molar-refractivity contribution in [1.82, 2.24) is 10.2 Å². The molecule has 0 fully saturated rings. The Morgan fingerprint density at radius 1 is 1.29 bits per heavy atom. The molecule has 0 spiro atoms. The van der Waals surface area contributed by atoms with E-state index in [2.05, 4.69) is 41.5 Å². The third kappa shape index (κ3) is 3.08. The van der Waals surface area contributed by atoms with Gasteiger partial charge in [-0.2, -0.15) is 0 Å². The van der Waals surface area contributed by atoms with Crippen LogP contribution >= 0.6 is 0 Å². The molecule has 1 atom stereocenters. The lowest BCUT2D eigenvalue weighted by Crippen LogP contribution is -2.31. The number of benzene rings is 1. The molecule has 0 saturated heterocycles. The van der Waals surface area contributed by atoms with Crippen LogP contribution in [-0.4, -0.2) is 32.1 Å². The number of likely N-dealkylation sites (N-methyl/N-ethyl adjacent to an activating group) is 2. The van der Waals surface area contributed by atoms with Gasteiger partial charge in [0.2, 0.25) is 0 Å². The first kappa shape index (κ1) is 12.6. The van der Waals surface area contributed by atoms with Crippen molar-refractivity contribution < 1.29 is 0 Å². The maximum atomic E-state index is 3.24. The smallest absolute Gasteiger partial charge is 0.0348 e. The van der Waals surface area contributed by atoms with Crippen molar-refractivity contribution in [3.63, 3.8) is 0 Å². The molecule has 1 aromatic carbocycles. The summed E-state index contributed by atoms with van der Waals surface area (Å²) in [6.07, 6.45) is 5.25. The zero-order chi connectivity index (χ0) is 12.1. The van der Waals surface area contributed by atoms with Crippen LogP contribution in [0.4, 0.5) is 0 Å². The van der Waals surface area contributed by atoms with Crippen LogP contribution in [0.5, 0.6) is 0 Å². The monoisotopic (exact) mass is 232 g/mol. The molecule has 1 aliphatic carbocycles. The molecule has 94 valence electrons. The largest absolute Gasteiger partial charge is 0.318 e. The van der Waals surface area contributed by atoms with Gasteiger partial charge in [-0.3, -0.25) is 4.90 Å². The minimum absolute atomic E-state index is 0.613. The molecule has 0 radical (unpaired) electrons. The third-order valence-electron chi connectivity index (χ3n) is 3.83. The van der Waals surface area contributed by atoms with Crippen molar-refractivity contribution in [3.8, 4) is 0 Å². The van der Waals surface area contributed by atoms with E-state index >= 15 is 0 Å². The van der Waals surface area contributed by atoms with E-state index < -0.39 is 0 Å². The lowest BCUT2D eigenvalue weighted by atomic mass is 9.98. The fraction of sp³-hybridized carbons (Fsp3) is 0.600. The topological polar surface area (TPSA) is 15.3 Å². The molecule has 0 saturated carbocycles. The Morgan fingerprint density at radius 3 is 2.94 bits per heavy atom. The van der Waals surface area contributed by atoms with Gasteiger partial charge in [-0.05, 0) is 44.5 Å². The van der Waals surface area contributed by atoms with Crippen LogP contribution in [0.3, 0.4) is 0 Å². The van der Waals surface area contributed by atoms with Gasteiger partial charge in [0.05, 0.1) is 0 Å². The van der Waals surface area contributed by atoms with Gasteiger partial charge < -0.3 is 5.32 Å². The maximum absolute atomic E-state index is 3.24. The fourth-order valence-corrected chi connectivity index (χ4v) is 2.80. The molecule has 2 nitrogen and oxygen atoms in total. The van der Waals surface area contributed by atoms with Crippen molar-refractivity contribution in [1.29, 1.82) is 0 Å². The van der Waals surface area contributed by atoms with Crippen LogP contribution in [0.1, 0.15) is 36.4 Å². The normalized spacial score (nSPS) is 20.1. The summed E-state index contributed by atoms with van der Waals surface area (Å²) in [5.41, 5.74) is 3.12. The Morgan fingerprint density at radius 2 is 2.12 bits per heavy atom. The second-order valence-electron chi connectivity index (χ2n) is 5.04. The standard InChI is InChI=1S/C15H24N2/c1-16-11-12-17(2)15-10-6-4-8-13-7-3-5-9-14(13)15/h3,5,7,9,15-16H,4,6,8,10-12H2,1-2H3. The van der Waals surface area contributed by atoms with Crippen molar-refractivity contribution in [2.75, 3.05) is 27.2 Å². The van der Waals surface area contributed by atoms with Crippen LogP contribution in [0.2, 0.25) is 0 Å². The van der Waals surface area contributed by atoms with Crippen LogP contribution < -0.4 is 5.32 Å². The number of hydrogen-bond acceptors (Lipinski definition) is 2. The Bertz CT molecular complexity index is 349. The molecule has 17 heavy (non-hydrogen) atoms. The minimum Gasteiger partial charge on any atom is -0.318 e. The van der Waals surface area contributed by atoms with Gasteiger partial charge in [-0.25, -0.2) is 0 Å². The first-order chi connectivity index (χ1) is 8.33. The Labute approximate surface area is 105 Å². The van der Waals surface area contributed by atoms with Crippen molar-refractivity contribution in [2.45, 2.75) is 31.7 Å². The van der Waals surface area contributed by atoms with Crippen molar-refractivity contribution >= 4 is 0 Å². The van der Waals surface area contributed by atoms with E-state index in [0.29, 0.717) is 6.04 Å². The van der Waals surface area contributed by atoms with Gasteiger partial charge in [0.1, 0.15) is 0 Å². The minimum atomic E-state index is 0.613. The molecule has 1 aliphatic rings. The summed E-state index contributed by atoms with van der Waals surface area (Å²) in [6.45, 7) is 2.19. The molecule has 0 heterocycles. The average molecular weight is 232 g/mol. The second-order valence-corrected chi connectivity index (χ2v) is 5.04. The summed E-state index contributed by atoms with van der Waals surface area (Å²) in [5.74, 6) is 0. The zero-order valence-corrected chi connectivity index (χ0v) is 11.1. The van der Waals surface area contributed by atoms with Gasteiger partial charge in [-0.1, -0.05) is 30.7 Å². The molecular weight excluding hydrogens is 208 g/mol. The molecule has 2 rings (SSSR count). The van der Waals surface area contributed by atoms with Gasteiger partial charge in [0.15, 0.2) is 0 Å². The predicted molar refractivity (Wildman–Crippen MR) is 73.3 cm³/mol. The van der Waals surface area contributed by atoms with Gasteiger partial charge in [0.25, 0.3) is 0 Å². The van der Waals surface area contributed by atoms with Crippen molar-refractivity contribution in [2.24, 2.45) is 0 Å². The highest BCUT2D eigenvalue weighted by molar-refractivity contribution is 5.31. The van der Waals surface area contributed by atoms with E-state index in [4.69, 9.17) is 0 Å². The van der Waals surface area contributed by atoms with E-state index in [1.165, 1.54) is 25.7 Å². The predicted octanol–water partition coefficient (Wildman–Crippen LogP) is 2.61. The molecular formula is C15H24N2. The highest BCUT2D eigenvalue weighted by atomic mass is 15.1. The number of nitrogens with zero attached hydrogens (tertiary/aromatic N) is 1. The van der Waals surface area contributed by atoms with Crippen LogP contribution in [0.15, 0.2) is 24.3 Å². The number of fused-ring (bicyclic) bond motifs is 1. The van der Waals surface area contributed by atoms with E-state index in [1.807, 2.05) is 7.05 Å². The van der Waals surface area contributed by atoms with E-state index in [0.717, 1.165) is 13.1 Å². The summed E-state index contributed by atoms with van der Waals surface area (Å²) in [7, 11) is 4.28. The summed E-state index contributed by atoms with van der Waals surface area (Å²) in [5, 5.41) is 3.24. The molecule has 0 amide bonds. The molecule has 1 aromatic rings. The molecule has 1 unspecified atom stereocenters. The van der Waals surface area contributed by atoms with Gasteiger partial charge >= 0.3 is 0 Å². The summed E-state index contributed by atoms with van der Waals surface area (Å²) in [6, 6.07) is 9.60. The quantitative estimate of drug-likeness (QED) is 0.803. The van der Waals surface area contributed by atoms with Crippen LogP contribution in [0.25, 0.3) is 0 Å². The number of rotatable bonds is 4. The zero-order valence-electron chi connectivity index (χ0n) is 11.1. The summed E-state index contributed by atoms with van der Waals surface area (Å²) in [4.78, 5) is 2.50. The first-order valence-corrected chi connectivity index (χ1v) is 6.75. The third-order valence-corrected chi connectivity index (χ3v) is 3.83. The highest BCUT2D eigenvalue weighted by Gasteiger charge is 2.21. The van der Waals surface area contributed by atoms with Crippen molar-refractivity contribution in [3.05, 3.63) is 35.4 Å². The van der Waals surface area contributed by atoms with Crippen LogP contribution in [0, 0.1) is 0 Å².